The molecule has 0 radical (unpaired) electrons. The average Bonchev–Trinajstić information content (AvgIpc) is 2.89. The average molecular weight is 298 g/mol. The van der Waals surface area contributed by atoms with Crippen molar-refractivity contribution in [2.24, 2.45) is 0 Å². The number of carboxylic acid groups (broad SMARTS) is 1. The molecule has 0 saturated carbocycles. The first kappa shape index (κ1) is 14.3. The molecule has 102 valence electrons. The van der Waals surface area contributed by atoms with Gasteiger partial charge in [-0.3, -0.25) is 0 Å². The highest BCUT2D eigenvalue weighted by molar-refractivity contribution is 7.99. The maximum Gasteiger partial charge on any atom is 0.328 e. The van der Waals surface area contributed by atoms with Crippen molar-refractivity contribution in [3.05, 3.63) is 34.9 Å². The van der Waals surface area contributed by atoms with Crippen LogP contribution in [0.1, 0.15) is 12.0 Å². The number of aliphatic carboxylic acids is 1. The Morgan fingerprint density at radius 2 is 2.37 bits per heavy atom. The van der Waals surface area contributed by atoms with Gasteiger partial charge in [0.25, 0.3) is 0 Å². The molecule has 3 nitrogen and oxygen atoms in total. The molecule has 1 aliphatic rings. The van der Waals surface area contributed by atoms with Crippen molar-refractivity contribution >= 4 is 41.1 Å². The second-order valence-electron chi connectivity index (χ2n) is 4.47. The van der Waals surface area contributed by atoms with E-state index in [-0.39, 0.29) is 0 Å². The highest BCUT2D eigenvalue weighted by atomic mass is 35.5. The summed E-state index contributed by atoms with van der Waals surface area (Å²) in [6, 6.07) is 6.15. The number of anilines is 1. The quantitative estimate of drug-likeness (QED) is 0.865. The molecular weight excluding hydrogens is 282 g/mol. The molecule has 2 rings (SSSR count). The van der Waals surface area contributed by atoms with E-state index in [0.717, 1.165) is 29.5 Å². The molecule has 1 aromatic carbocycles. The zero-order valence-electron chi connectivity index (χ0n) is 10.7. The van der Waals surface area contributed by atoms with Crippen molar-refractivity contribution in [2.45, 2.75) is 12.5 Å². The first-order valence-corrected chi connectivity index (χ1v) is 7.63. The molecule has 1 saturated heterocycles. The number of nitrogens with zero attached hydrogens (tertiary/aromatic N) is 1. The monoisotopic (exact) mass is 297 g/mol. The van der Waals surface area contributed by atoms with Gasteiger partial charge in [-0.15, -0.1) is 0 Å². The number of thioether (sulfide) groups is 1. The Labute approximate surface area is 122 Å². The lowest BCUT2D eigenvalue weighted by Crippen LogP contribution is -2.31. The maximum absolute atomic E-state index is 10.7. The minimum Gasteiger partial charge on any atom is -0.478 e. The van der Waals surface area contributed by atoms with E-state index >= 15 is 0 Å². The minimum absolute atomic E-state index is 0.487. The van der Waals surface area contributed by atoms with Crippen LogP contribution in [0.25, 0.3) is 6.08 Å². The molecule has 19 heavy (non-hydrogen) atoms. The summed E-state index contributed by atoms with van der Waals surface area (Å²) < 4.78 is 0. The van der Waals surface area contributed by atoms with Crippen molar-refractivity contribution < 1.29 is 9.90 Å². The molecule has 1 fully saturated rings. The van der Waals surface area contributed by atoms with Crippen LogP contribution in [0.15, 0.2) is 24.3 Å². The number of carbonyl (C=O) groups is 1. The van der Waals surface area contributed by atoms with Gasteiger partial charge in [-0.2, -0.15) is 11.8 Å². The third-order valence-corrected chi connectivity index (χ3v) is 4.73. The molecule has 1 atom stereocenters. The summed E-state index contributed by atoms with van der Waals surface area (Å²) >= 11 is 8.13. The van der Waals surface area contributed by atoms with Crippen LogP contribution in [0.5, 0.6) is 0 Å². The molecule has 0 aromatic heterocycles. The summed E-state index contributed by atoms with van der Waals surface area (Å²) in [5, 5.41) is 9.34. The number of carboxylic acids is 1. The van der Waals surface area contributed by atoms with Crippen LogP contribution in [-0.2, 0) is 4.79 Å². The van der Waals surface area contributed by atoms with Gasteiger partial charge in [0.1, 0.15) is 0 Å². The Hall–Kier alpha value is -1.13. The van der Waals surface area contributed by atoms with E-state index in [9.17, 15) is 4.79 Å². The lowest BCUT2D eigenvalue weighted by Gasteiger charge is -2.28. The van der Waals surface area contributed by atoms with E-state index in [4.69, 9.17) is 16.7 Å². The highest BCUT2D eigenvalue weighted by Gasteiger charge is 2.22. The number of hydrogen-bond acceptors (Lipinski definition) is 3. The zero-order chi connectivity index (χ0) is 13.8. The first-order valence-electron chi connectivity index (χ1n) is 6.09. The Morgan fingerprint density at radius 3 is 3.00 bits per heavy atom. The van der Waals surface area contributed by atoms with Gasteiger partial charge >= 0.3 is 5.97 Å². The van der Waals surface area contributed by atoms with Crippen LogP contribution >= 0.6 is 23.4 Å². The second kappa shape index (κ2) is 6.35. The molecule has 0 spiro atoms. The van der Waals surface area contributed by atoms with E-state index in [1.165, 1.54) is 5.75 Å². The van der Waals surface area contributed by atoms with E-state index in [1.54, 1.807) is 12.1 Å². The fourth-order valence-corrected chi connectivity index (χ4v) is 3.68. The lowest BCUT2D eigenvalue weighted by molar-refractivity contribution is -0.131. The molecule has 0 bridgehead atoms. The van der Waals surface area contributed by atoms with Crippen molar-refractivity contribution in [1.82, 2.24) is 0 Å². The minimum atomic E-state index is -0.968. The summed E-state index contributed by atoms with van der Waals surface area (Å²) in [6.45, 7) is 0. The number of rotatable bonds is 4. The normalized spacial score (nSPS) is 18.9. The van der Waals surface area contributed by atoms with Crippen LogP contribution in [0.3, 0.4) is 0 Å². The third-order valence-electron chi connectivity index (χ3n) is 3.26. The van der Waals surface area contributed by atoms with Crippen molar-refractivity contribution in [2.75, 3.05) is 23.5 Å². The number of benzene rings is 1. The van der Waals surface area contributed by atoms with Gasteiger partial charge in [0.05, 0.1) is 0 Å². The molecule has 1 unspecified atom stereocenters. The summed E-state index contributed by atoms with van der Waals surface area (Å²) in [6.07, 6.45) is 3.84. The highest BCUT2D eigenvalue weighted by Crippen LogP contribution is 2.32. The van der Waals surface area contributed by atoms with E-state index < -0.39 is 5.97 Å². The van der Waals surface area contributed by atoms with Crippen molar-refractivity contribution in [3.8, 4) is 0 Å². The van der Waals surface area contributed by atoms with E-state index in [1.807, 2.05) is 30.9 Å². The van der Waals surface area contributed by atoms with Gasteiger partial charge in [0.2, 0.25) is 0 Å². The number of halogens is 1. The van der Waals surface area contributed by atoms with Gasteiger partial charge in [-0.25, -0.2) is 4.79 Å². The Kier molecular flexibility index (Phi) is 4.77. The van der Waals surface area contributed by atoms with E-state index in [2.05, 4.69) is 4.90 Å². The number of hydrogen-bond donors (Lipinski definition) is 1. The fourth-order valence-electron chi connectivity index (χ4n) is 2.18. The molecule has 1 aromatic rings. The Morgan fingerprint density at radius 1 is 1.58 bits per heavy atom. The van der Waals surface area contributed by atoms with Crippen molar-refractivity contribution in [1.29, 1.82) is 0 Å². The van der Waals surface area contributed by atoms with Crippen LogP contribution in [0, 0.1) is 0 Å². The fraction of sp³-hybridized carbons (Fsp3) is 0.357. The molecule has 1 N–H and O–H groups in total. The molecule has 5 heteroatoms. The SMILES string of the molecule is CN(c1cccc(Cl)c1/C=C/C(=O)O)C1CCSC1. The van der Waals surface area contributed by atoms with E-state index in [0.29, 0.717) is 11.1 Å². The van der Waals surface area contributed by atoms with Crippen LogP contribution in [0.2, 0.25) is 5.02 Å². The standard InChI is InChI=1S/C14H16ClNO2S/c1-16(10-7-8-19-9-10)13-4-2-3-12(15)11(13)5-6-14(17)18/h2-6,10H,7-9H2,1H3,(H,17,18)/b6-5+. The zero-order valence-corrected chi connectivity index (χ0v) is 12.2. The third kappa shape index (κ3) is 3.45. The largest absolute Gasteiger partial charge is 0.478 e. The molecular formula is C14H16ClNO2S. The lowest BCUT2D eigenvalue weighted by atomic mass is 10.1. The Bertz CT molecular complexity index is 498. The predicted octanol–water partition coefficient (Wildman–Crippen LogP) is 3.38. The van der Waals surface area contributed by atoms with Gasteiger partial charge in [-0.1, -0.05) is 17.7 Å². The van der Waals surface area contributed by atoms with Crippen LogP contribution in [-0.4, -0.2) is 35.7 Å². The Balaban J connectivity index is 2.33. The molecule has 0 aliphatic carbocycles. The summed E-state index contributed by atoms with van der Waals surface area (Å²) in [5.74, 6) is 1.31. The van der Waals surface area contributed by atoms with Crippen molar-refractivity contribution in [3.63, 3.8) is 0 Å². The topological polar surface area (TPSA) is 40.5 Å². The summed E-state index contributed by atoms with van der Waals surface area (Å²) in [4.78, 5) is 12.9. The predicted molar refractivity (Wildman–Crippen MR) is 82.3 cm³/mol. The van der Waals surface area contributed by atoms with Gasteiger partial charge in [0.15, 0.2) is 0 Å². The maximum atomic E-state index is 10.7. The van der Waals surface area contributed by atoms with Crippen LogP contribution in [0.4, 0.5) is 5.69 Å². The molecule has 0 amide bonds. The summed E-state index contributed by atoms with van der Waals surface area (Å²) in [5.41, 5.74) is 1.75. The summed E-state index contributed by atoms with van der Waals surface area (Å²) in [7, 11) is 2.04. The van der Waals surface area contributed by atoms with Crippen LogP contribution < -0.4 is 4.90 Å². The van der Waals surface area contributed by atoms with Gasteiger partial charge in [-0.05, 0) is 30.4 Å². The second-order valence-corrected chi connectivity index (χ2v) is 6.03. The first-order chi connectivity index (χ1) is 9.09. The van der Waals surface area contributed by atoms with Gasteiger partial charge < -0.3 is 10.0 Å². The molecule has 1 heterocycles. The molecule has 1 aliphatic heterocycles. The van der Waals surface area contributed by atoms with Gasteiger partial charge in [0, 0.05) is 41.2 Å². The smallest absolute Gasteiger partial charge is 0.328 e.